The van der Waals surface area contributed by atoms with Crippen molar-refractivity contribution < 1.29 is 9.21 Å². The fourth-order valence-corrected chi connectivity index (χ4v) is 1.93. The number of aryl methyl sites for hydroxylation is 1. The van der Waals surface area contributed by atoms with Crippen molar-refractivity contribution in [1.82, 2.24) is 5.32 Å². The monoisotopic (exact) mass is 323 g/mol. The number of carbonyl (C=O) groups excluding carboxylic acids is 1. The van der Waals surface area contributed by atoms with Gasteiger partial charge in [0.25, 0.3) is 5.91 Å². The maximum Gasteiger partial charge on any atom is 0.287 e. The first-order chi connectivity index (χ1) is 8.91. The van der Waals surface area contributed by atoms with Crippen molar-refractivity contribution in [1.29, 1.82) is 0 Å². The lowest BCUT2D eigenvalue weighted by Gasteiger charge is -2.21. The Hall–Kier alpha value is -1.29. The minimum absolute atomic E-state index is 0.0261. The van der Waals surface area contributed by atoms with E-state index in [2.05, 4.69) is 35.1 Å². The highest BCUT2D eigenvalue weighted by Crippen LogP contribution is 2.21. The van der Waals surface area contributed by atoms with E-state index in [9.17, 15) is 4.79 Å². The molecule has 1 N–H and O–H groups in total. The van der Waals surface area contributed by atoms with Gasteiger partial charge >= 0.3 is 0 Å². The zero-order valence-electron chi connectivity index (χ0n) is 11.4. The summed E-state index contributed by atoms with van der Waals surface area (Å²) in [6, 6.07) is 7.67. The van der Waals surface area contributed by atoms with E-state index < -0.39 is 0 Å². The van der Waals surface area contributed by atoms with Crippen LogP contribution in [0.2, 0.25) is 0 Å². The van der Waals surface area contributed by atoms with Crippen molar-refractivity contribution in [2.45, 2.75) is 20.8 Å². The number of hydrogen-bond acceptors (Lipinski definition) is 2. The molecule has 0 atom stereocenters. The van der Waals surface area contributed by atoms with Crippen LogP contribution in [0, 0.1) is 12.3 Å². The number of halogens is 1. The summed E-state index contributed by atoms with van der Waals surface area (Å²) in [5.74, 6) is 0.203. The van der Waals surface area contributed by atoms with E-state index in [0.29, 0.717) is 12.3 Å². The number of alkyl halides is 1. The van der Waals surface area contributed by atoms with Crippen LogP contribution >= 0.6 is 15.9 Å². The molecule has 1 amide bonds. The fourth-order valence-electron chi connectivity index (χ4n) is 1.73. The Morgan fingerprint density at radius 1 is 1.37 bits per heavy atom. The van der Waals surface area contributed by atoms with Crippen LogP contribution in [0.4, 0.5) is 0 Å². The highest BCUT2D eigenvalue weighted by atomic mass is 79.9. The van der Waals surface area contributed by atoms with Crippen LogP contribution in [-0.4, -0.2) is 17.8 Å². The molecule has 1 aromatic heterocycles. The number of fused-ring (bicyclic) bond motifs is 1. The Bertz CT molecular complexity index is 601. The van der Waals surface area contributed by atoms with Crippen molar-refractivity contribution in [3.63, 3.8) is 0 Å². The number of carbonyl (C=O) groups is 1. The standard InChI is InChI=1S/C15H18BrNO2/c1-10-4-5-12-11(6-10)7-13(19-12)14(18)17-9-15(2,3)8-16/h4-7H,8-9H2,1-3H3,(H,17,18). The Labute approximate surface area is 121 Å². The minimum atomic E-state index is -0.164. The molecule has 0 radical (unpaired) electrons. The minimum Gasteiger partial charge on any atom is -0.451 e. The predicted octanol–water partition coefficient (Wildman–Crippen LogP) is 3.89. The van der Waals surface area contributed by atoms with Gasteiger partial charge in [-0.2, -0.15) is 0 Å². The molecule has 1 aromatic carbocycles. The second-order valence-corrected chi connectivity index (χ2v) is 6.19. The number of hydrogen-bond donors (Lipinski definition) is 1. The van der Waals surface area contributed by atoms with Gasteiger partial charge in [0, 0.05) is 17.3 Å². The van der Waals surface area contributed by atoms with Gasteiger partial charge in [-0.05, 0) is 30.5 Å². The van der Waals surface area contributed by atoms with Crippen LogP contribution in [0.25, 0.3) is 11.0 Å². The maximum absolute atomic E-state index is 12.0. The van der Waals surface area contributed by atoms with Gasteiger partial charge in [0.1, 0.15) is 5.58 Å². The molecule has 0 unspecified atom stereocenters. The summed E-state index contributed by atoms with van der Waals surface area (Å²) in [7, 11) is 0. The Kier molecular flexibility index (Phi) is 3.99. The summed E-state index contributed by atoms with van der Waals surface area (Å²) >= 11 is 3.44. The van der Waals surface area contributed by atoms with Gasteiger partial charge in [-0.15, -0.1) is 0 Å². The number of nitrogens with one attached hydrogen (secondary N) is 1. The smallest absolute Gasteiger partial charge is 0.287 e. The van der Waals surface area contributed by atoms with E-state index in [-0.39, 0.29) is 11.3 Å². The first kappa shape index (κ1) is 14.1. The van der Waals surface area contributed by atoms with Crippen molar-refractivity contribution in [3.8, 4) is 0 Å². The van der Waals surface area contributed by atoms with Gasteiger partial charge in [-0.3, -0.25) is 4.79 Å². The van der Waals surface area contributed by atoms with E-state index in [0.717, 1.165) is 21.9 Å². The fraction of sp³-hybridized carbons (Fsp3) is 0.400. The zero-order valence-corrected chi connectivity index (χ0v) is 13.0. The molecule has 0 aliphatic heterocycles. The van der Waals surface area contributed by atoms with Crippen molar-refractivity contribution in [2.24, 2.45) is 5.41 Å². The molecule has 2 aromatic rings. The molecule has 0 bridgehead atoms. The summed E-state index contributed by atoms with van der Waals surface area (Å²) in [5.41, 5.74) is 1.93. The van der Waals surface area contributed by atoms with Gasteiger partial charge in [-0.25, -0.2) is 0 Å². The van der Waals surface area contributed by atoms with Gasteiger partial charge < -0.3 is 9.73 Å². The predicted molar refractivity (Wildman–Crippen MR) is 80.9 cm³/mol. The van der Waals surface area contributed by atoms with E-state index in [1.165, 1.54) is 0 Å². The number of amides is 1. The normalized spacial score (nSPS) is 11.8. The van der Waals surface area contributed by atoms with E-state index in [4.69, 9.17) is 4.42 Å². The average molecular weight is 324 g/mol. The molecule has 0 saturated carbocycles. The molecule has 3 nitrogen and oxygen atoms in total. The number of furan rings is 1. The van der Waals surface area contributed by atoms with E-state index in [1.807, 2.05) is 25.1 Å². The van der Waals surface area contributed by atoms with Crippen molar-refractivity contribution in [3.05, 3.63) is 35.6 Å². The van der Waals surface area contributed by atoms with Crippen LogP contribution in [-0.2, 0) is 0 Å². The summed E-state index contributed by atoms with van der Waals surface area (Å²) in [6.07, 6.45) is 0. The number of rotatable bonds is 4. The molecule has 0 spiro atoms. The molecule has 2 rings (SSSR count). The van der Waals surface area contributed by atoms with Crippen LogP contribution in [0.1, 0.15) is 30.0 Å². The molecule has 0 fully saturated rings. The average Bonchev–Trinajstić information content (AvgIpc) is 2.79. The third-order valence-electron chi connectivity index (χ3n) is 2.98. The van der Waals surface area contributed by atoms with Crippen molar-refractivity contribution in [2.75, 3.05) is 11.9 Å². The molecule has 0 aliphatic rings. The SMILES string of the molecule is Cc1ccc2oc(C(=O)NCC(C)(C)CBr)cc2c1. The Morgan fingerprint density at radius 3 is 2.79 bits per heavy atom. The molecule has 0 saturated heterocycles. The molecule has 4 heteroatoms. The highest BCUT2D eigenvalue weighted by molar-refractivity contribution is 9.09. The first-order valence-electron chi connectivity index (χ1n) is 6.26. The summed E-state index contributed by atoms with van der Waals surface area (Å²) in [4.78, 5) is 12.0. The lowest BCUT2D eigenvalue weighted by Crippen LogP contribution is -2.34. The molecule has 102 valence electrons. The quantitative estimate of drug-likeness (QED) is 0.867. The lowest BCUT2D eigenvalue weighted by molar-refractivity contribution is 0.0914. The summed E-state index contributed by atoms with van der Waals surface area (Å²) in [5, 5.41) is 4.70. The number of benzene rings is 1. The van der Waals surface area contributed by atoms with E-state index in [1.54, 1.807) is 6.07 Å². The molecule has 1 heterocycles. The summed E-state index contributed by atoms with van der Waals surface area (Å²) < 4.78 is 5.56. The second-order valence-electron chi connectivity index (χ2n) is 5.63. The van der Waals surface area contributed by atoms with Crippen molar-refractivity contribution >= 4 is 32.8 Å². The zero-order chi connectivity index (χ0) is 14.0. The van der Waals surface area contributed by atoms with Gasteiger partial charge in [0.05, 0.1) is 0 Å². The third-order valence-corrected chi connectivity index (χ3v) is 4.50. The van der Waals surface area contributed by atoms with Gasteiger partial charge in [-0.1, -0.05) is 41.4 Å². The Morgan fingerprint density at radius 2 is 2.11 bits per heavy atom. The molecule has 0 aliphatic carbocycles. The maximum atomic E-state index is 12.0. The third kappa shape index (κ3) is 3.38. The topological polar surface area (TPSA) is 42.2 Å². The van der Waals surface area contributed by atoms with Crippen LogP contribution in [0.15, 0.2) is 28.7 Å². The molecular weight excluding hydrogens is 306 g/mol. The van der Waals surface area contributed by atoms with E-state index >= 15 is 0 Å². The van der Waals surface area contributed by atoms with Crippen LogP contribution < -0.4 is 5.32 Å². The second kappa shape index (κ2) is 5.37. The van der Waals surface area contributed by atoms with Crippen LogP contribution in [0.5, 0.6) is 0 Å². The largest absolute Gasteiger partial charge is 0.451 e. The summed E-state index contributed by atoms with van der Waals surface area (Å²) in [6.45, 7) is 6.80. The molecular formula is C15H18BrNO2. The molecule has 19 heavy (non-hydrogen) atoms. The highest BCUT2D eigenvalue weighted by Gasteiger charge is 2.19. The lowest BCUT2D eigenvalue weighted by atomic mass is 9.97. The first-order valence-corrected chi connectivity index (χ1v) is 7.38. The Balaban J connectivity index is 2.13. The van der Waals surface area contributed by atoms with Gasteiger partial charge in [0.2, 0.25) is 0 Å². The van der Waals surface area contributed by atoms with Crippen LogP contribution in [0.3, 0.4) is 0 Å². The van der Waals surface area contributed by atoms with Gasteiger partial charge in [0.15, 0.2) is 5.76 Å².